The second-order valence-electron chi connectivity index (χ2n) is 7.49. The summed E-state index contributed by atoms with van der Waals surface area (Å²) in [4.78, 5) is 4.72. The Kier molecular flexibility index (Phi) is 5.50. The lowest BCUT2D eigenvalue weighted by molar-refractivity contribution is 0.414. The highest BCUT2D eigenvalue weighted by molar-refractivity contribution is 7.91. The van der Waals surface area contributed by atoms with Crippen molar-refractivity contribution in [3.63, 3.8) is 0 Å². The van der Waals surface area contributed by atoms with Gasteiger partial charge in [-0.3, -0.25) is 0 Å². The maximum Gasteiger partial charge on any atom is 0.229 e. The minimum absolute atomic E-state index is 0.0801. The van der Waals surface area contributed by atoms with Crippen LogP contribution in [0, 0.1) is 0 Å². The van der Waals surface area contributed by atoms with Crippen LogP contribution in [0.3, 0.4) is 0 Å². The summed E-state index contributed by atoms with van der Waals surface area (Å²) in [5.74, 6) is 1.83. The highest BCUT2D eigenvalue weighted by Crippen LogP contribution is 2.29. The number of fused-ring (bicyclic) bond motifs is 3. The summed E-state index contributed by atoms with van der Waals surface area (Å²) >= 11 is 0. The molecule has 10 heteroatoms. The number of methoxy groups -OCH3 is 2. The number of anilines is 1. The van der Waals surface area contributed by atoms with Crippen LogP contribution < -0.4 is 14.8 Å². The fourth-order valence-electron chi connectivity index (χ4n) is 3.69. The third-order valence-electron chi connectivity index (χ3n) is 5.44. The molecule has 0 aliphatic heterocycles. The van der Waals surface area contributed by atoms with E-state index in [1.54, 1.807) is 19.2 Å². The number of hydrogen-bond acceptors (Lipinski definition) is 8. The van der Waals surface area contributed by atoms with Gasteiger partial charge in [-0.05, 0) is 54.1 Å². The molecule has 0 spiro atoms. The molecule has 3 aromatic carbocycles. The van der Waals surface area contributed by atoms with Crippen molar-refractivity contribution in [2.75, 3.05) is 19.5 Å². The molecule has 0 unspecified atom stereocenters. The molecule has 5 aromatic rings. The number of rotatable bonds is 7. The maximum atomic E-state index is 13.4. The summed E-state index contributed by atoms with van der Waals surface area (Å²) in [6, 6.07) is 21.3. The van der Waals surface area contributed by atoms with Gasteiger partial charge in [0.2, 0.25) is 14.9 Å². The number of sulfone groups is 1. The number of para-hydroxylation sites is 1. The fourth-order valence-corrected chi connectivity index (χ4v) is 4.92. The Bertz CT molecular complexity index is 1600. The zero-order valence-electron chi connectivity index (χ0n) is 18.5. The molecule has 9 nitrogen and oxygen atoms in total. The quantitative estimate of drug-likeness (QED) is 0.379. The van der Waals surface area contributed by atoms with Crippen molar-refractivity contribution in [2.24, 2.45) is 0 Å². The first-order valence-corrected chi connectivity index (χ1v) is 11.9. The molecule has 0 radical (unpaired) electrons. The molecule has 0 saturated heterocycles. The van der Waals surface area contributed by atoms with Gasteiger partial charge in [-0.1, -0.05) is 29.5 Å². The molecule has 2 aromatic heterocycles. The third kappa shape index (κ3) is 3.77. The SMILES string of the molecule is COc1ccc(S(=O)(=O)c2nnn3c2nc(NCc2cccc(OC)c2)c2ccccc23)cc1. The van der Waals surface area contributed by atoms with E-state index in [1.807, 2.05) is 48.5 Å². The van der Waals surface area contributed by atoms with Crippen LogP contribution in [0.2, 0.25) is 0 Å². The Balaban J connectivity index is 1.61. The van der Waals surface area contributed by atoms with Gasteiger partial charge in [-0.25, -0.2) is 13.4 Å². The molecule has 0 aliphatic rings. The van der Waals surface area contributed by atoms with Gasteiger partial charge in [0, 0.05) is 11.9 Å². The molecule has 34 heavy (non-hydrogen) atoms. The zero-order chi connectivity index (χ0) is 23.7. The first kappa shape index (κ1) is 21.7. The fraction of sp³-hybridized carbons (Fsp3) is 0.125. The summed E-state index contributed by atoms with van der Waals surface area (Å²) in [6.45, 7) is 0.465. The number of hydrogen-bond donors (Lipinski definition) is 1. The topological polar surface area (TPSA) is 108 Å². The molecule has 5 rings (SSSR count). The lowest BCUT2D eigenvalue weighted by Crippen LogP contribution is -2.07. The molecule has 0 amide bonds. The van der Waals surface area contributed by atoms with E-state index in [0.717, 1.165) is 16.7 Å². The molecule has 172 valence electrons. The summed E-state index contributed by atoms with van der Waals surface area (Å²) in [6.07, 6.45) is 0. The second kappa shape index (κ2) is 8.64. The average molecular weight is 476 g/mol. The van der Waals surface area contributed by atoms with Crippen molar-refractivity contribution in [1.29, 1.82) is 0 Å². The molecule has 0 saturated carbocycles. The van der Waals surface area contributed by atoms with Gasteiger partial charge in [-0.15, -0.1) is 5.10 Å². The monoisotopic (exact) mass is 475 g/mol. The minimum atomic E-state index is -3.97. The summed E-state index contributed by atoms with van der Waals surface area (Å²) in [7, 11) is -0.828. The van der Waals surface area contributed by atoms with Crippen LogP contribution in [-0.2, 0) is 16.4 Å². The van der Waals surface area contributed by atoms with Crippen molar-refractivity contribution in [1.82, 2.24) is 19.8 Å². The molecule has 2 heterocycles. The van der Waals surface area contributed by atoms with E-state index in [9.17, 15) is 8.42 Å². The first-order chi connectivity index (χ1) is 16.5. The van der Waals surface area contributed by atoms with Gasteiger partial charge >= 0.3 is 0 Å². The Labute approximate surface area is 195 Å². The molecule has 0 atom stereocenters. The predicted octanol–water partition coefficient (Wildman–Crippen LogP) is 3.74. The maximum absolute atomic E-state index is 13.4. The predicted molar refractivity (Wildman–Crippen MR) is 127 cm³/mol. The highest BCUT2D eigenvalue weighted by Gasteiger charge is 2.27. The Hall–Kier alpha value is -4.18. The Morgan fingerprint density at radius 3 is 2.44 bits per heavy atom. The van der Waals surface area contributed by atoms with Crippen LogP contribution in [0.1, 0.15) is 5.56 Å². The van der Waals surface area contributed by atoms with Crippen LogP contribution in [-0.4, -0.2) is 42.4 Å². The van der Waals surface area contributed by atoms with E-state index in [-0.39, 0.29) is 15.6 Å². The van der Waals surface area contributed by atoms with E-state index in [2.05, 4.69) is 20.6 Å². The van der Waals surface area contributed by atoms with Crippen LogP contribution >= 0.6 is 0 Å². The lowest BCUT2D eigenvalue weighted by Gasteiger charge is -2.11. The summed E-state index contributed by atoms with van der Waals surface area (Å²) in [5.41, 5.74) is 1.81. The van der Waals surface area contributed by atoms with E-state index in [0.29, 0.717) is 23.6 Å². The first-order valence-electron chi connectivity index (χ1n) is 10.4. The van der Waals surface area contributed by atoms with E-state index in [4.69, 9.17) is 9.47 Å². The number of ether oxygens (including phenoxy) is 2. The van der Waals surface area contributed by atoms with E-state index < -0.39 is 9.84 Å². The molecular weight excluding hydrogens is 454 g/mol. The number of benzene rings is 3. The van der Waals surface area contributed by atoms with Gasteiger partial charge in [0.15, 0.2) is 5.65 Å². The van der Waals surface area contributed by atoms with Gasteiger partial charge in [-0.2, -0.15) is 4.52 Å². The second-order valence-corrected chi connectivity index (χ2v) is 9.36. The molecular formula is C24H21N5O4S. The standard InChI is InChI=1S/C24H21N5O4S/c1-32-17-10-12-19(13-11-17)34(30,31)24-23-26-22(25-15-16-6-5-7-18(14-16)33-2)20-8-3-4-9-21(20)29(23)28-27-24/h3-14H,15H2,1-2H3,(H,25,26). The van der Waals surface area contributed by atoms with Gasteiger partial charge in [0.05, 0.1) is 24.6 Å². The minimum Gasteiger partial charge on any atom is -0.497 e. The third-order valence-corrected chi connectivity index (χ3v) is 7.11. The van der Waals surface area contributed by atoms with Gasteiger partial charge in [0.25, 0.3) is 0 Å². The van der Waals surface area contributed by atoms with Crippen molar-refractivity contribution in [3.8, 4) is 11.5 Å². The van der Waals surface area contributed by atoms with Crippen LogP contribution in [0.25, 0.3) is 16.6 Å². The summed E-state index contributed by atoms with van der Waals surface area (Å²) < 4.78 is 38.6. The van der Waals surface area contributed by atoms with E-state index >= 15 is 0 Å². The van der Waals surface area contributed by atoms with Crippen LogP contribution in [0.5, 0.6) is 11.5 Å². The van der Waals surface area contributed by atoms with Crippen LogP contribution in [0.4, 0.5) is 5.82 Å². The highest BCUT2D eigenvalue weighted by atomic mass is 32.2. The Morgan fingerprint density at radius 2 is 1.68 bits per heavy atom. The summed E-state index contributed by atoms with van der Waals surface area (Å²) in [5, 5.41) is 12.0. The van der Waals surface area contributed by atoms with Crippen molar-refractivity contribution in [2.45, 2.75) is 16.5 Å². The zero-order valence-corrected chi connectivity index (χ0v) is 19.3. The van der Waals surface area contributed by atoms with Gasteiger partial charge in [0.1, 0.15) is 17.3 Å². The normalized spacial score (nSPS) is 11.6. The number of aromatic nitrogens is 4. The van der Waals surface area contributed by atoms with Crippen molar-refractivity contribution >= 4 is 32.2 Å². The number of nitrogens with one attached hydrogen (secondary N) is 1. The molecule has 0 bridgehead atoms. The van der Waals surface area contributed by atoms with Crippen molar-refractivity contribution < 1.29 is 17.9 Å². The smallest absolute Gasteiger partial charge is 0.229 e. The molecule has 0 fully saturated rings. The average Bonchev–Trinajstić information content (AvgIpc) is 3.32. The van der Waals surface area contributed by atoms with Crippen molar-refractivity contribution in [3.05, 3.63) is 78.4 Å². The number of nitrogens with zero attached hydrogens (tertiary/aromatic N) is 4. The Morgan fingerprint density at radius 1 is 0.912 bits per heavy atom. The lowest BCUT2D eigenvalue weighted by atomic mass is 10.2. The molecule has 0 aliphatic carbocycles. The van der Waals surface area contributed by atoms with Gasteiger partial charge < -0.3 is 14.8 Å². The largest absolute Gasteiger partial charge is 0.497 e. The molecule has 1 N–H and O–H groups in total. The van der Waals surface area contributed by atoms with Crippen LogP contribution in [0.15, 0.2) is 82.7 Å². The van der Waals surface area contributed by atoms with E-state index in [1.165, 1.54) is 23.8 Å².